The zero-order valence-corrected chi connectivity index (χ0v) is 9.70. The highest BCUT2D eigenvalue weighted by atomic mass is 79.9. The minimum absolute atomic E-state index is 0.844. The average molecular weight is 258 g/mol. The van der Waals surface area contributed by atoms with E-state index in [4.69, 9.17) is 4.42 Å². The maximum atomic E-state index is 5.46. The van der Waals surface area contributed by atoms with Gasteiger partial charge in [-0.05, 0) is 41.9 Å². The van der Waals surface area contributed by atoms with Crippen molar-refractivity contribution in [3.8, 4) is 10.8 Å². The standard InChI is InChI=1S/C9H8BrNOS/c1-5-3-4-7(12-5)9-11-6(2)8(10)13-9/h3-4H,1-2H3. The van der Waals surface area contributed by atoms with Crippen LogP contribution in [0.4, 0.5) is 0 Å². The number of hydrogen-bond donors (Lipinski definition) is 0. The van der Waals surface area contributed by atoms with Crippen molar-refractivity contribution in [1.29, 1.82) is 0 Å². The molecule has 0 atom stereocenters. The third-order valence-corrected chi connectivity index (χ3v) is 3.71. The van der Waals surface area contributed by atoms with E-state index >= 15 is 0 Å². The number of furan rings is 1. The SMILES string of the molecule is Cc1ccc(-c2nc(C)c(Br)s2)o1. The van der Waals surface area contributed by atoms with Gasteiger partial charge in [0.05, 0.1) is 9.48 Å². The number of nitrogens with zero attached hydrogens (tertiary/aromatic N) is 1. The maximum absolute atomic E-state index is 5.46. The number of thiazole rings is 1. The monoisotopic (exact) mass is 257 g/mol. The Hall–Kier alpha value is -0.610. The van der Waals surface area contributed by atoms with Crippen LogP contribution in [0.15, 0.2) is 20.3 Å². The van der Waals surface area contributed by atoms with Crippen LogP contribution in [0.2, 0.25) is 0 Å². The van der Waals surface area contributed by atoms with Gasteiger partial charge >= 0.3 is 0 Å². The van der Waals surface area contributed by atoms with Gasteiger partial charge in [-0.2, -0.15) is 0 Å². The predicted molar refractivity (Wildman–Crippen MR) is 57.0 cm³/mol. The largest absolute Gasteiger partial charge is 0.459 e. The van der Waals surface area contributed by atoms with Crippen molar-refractivity contribution in [3.63, 3.8) is 0 Å². The van der Waals surface area contributed by atoms with Crippen molar-refractivity contribution < 1.29 is 4.42 Å². The highest BCUT2D eigenvalue weighted by Crippen LogP contribution is 2.32. The van der Waals surface area contributed by atoms with Crippen molar-refractivity contribution in [2.24, 2.45) is 0 Å². The van der Waals surface area contributed by atoms with E-state index in [0.29, 0.717) is 0 Å². The third-order valence-electron chi connectivity index (χ3n) is 1.69. The van der Waals surface area contributed by atoms with E-state index in [0.717, 1.165) is 26.0 Å². The first-order chi connectivity index (χ1) is 6.16. The summed E-state index contributed by atoms with van der Waals surface area (Å²) in [6.45, 7) is 3.90. The molecule has 0 aromatic carbocycles. The first kappa shape index (κ1) is 8.97. The van der Waals surface area contributed by atoms with Gasteiger partial charge < -0.3 is 4.42 Å². The summed E-state index contributed by atoms with van der Waals surface area (Å²) in [6.07, 6.45) is 0. The van der Waals surface area contributed by atoms with Crippen LogP contribution in [0.3, 0.4) is 0 Å². The van der Waals surface area contributed by atoms with Gasteiger partial charge in [0.15, 0.2) is 10.8 Å². The summed E-state index contributed by atoms with van der Waals surface area (Å²) in [6, 6.07) is 3.89. The first-order valence-corrected chi connectivity index (χ1v) is 5.47. The lowest BCUT2D eigenvalue weighted by molar-refractivity contribution is 0.548. The van der Waals surface area contributed by atoms with Gasteiger partial charge in [-0.25, -0.2) is 4.98 Å². The molecule has 0 amide bonds. The molecule has 0 N–H and O–H groups in total. The number of rotatable bonds is 1. The van der Waals surface area contributed by atoms with E-state index in [1.807, 2.05) is 26.0 Å². The van der Waals surface area contributed by atoms with E-state index in [1.54, 1.807) is 11.3 Å². The molecule has 0 fully saturated rings. The normalized spacial score (nSPS) is 10.7. The Morgan fingerprint density at radius 3 is 2.62 bits per heavy atom. The molecule has 68 valence electrons. The number of halogens is 1. The van der Waals surface area contributed by atoms with Crippen LogP contribution in [-0.4, -0.2) is 4.98 Å². The van der Waals surface area contributed by atoms with Crippen LogP contribution < -0.4 is 0 Å². The maximum Gasteiger partial charge on any atom is 0.162 e. The van der Waals surface area contributed by atoms with Crippen LogP contribution in [-0.2, 0) is 0 Å². The summed E-state index contributed by atoms with van der Waals surface area (Å²) in [5.41, 5.74) is 1.01. The molecule has 0 saturated heterocycles. The molecule has 0 aliphatic rings. The van der Waals surface area contributed by atoms with Crippen LogP contribution in [0.1, 0.15) is 11.5 Å². The molecule has 0 radical (unpaired) electrons. The zero-order valence-electron chi connectivity index (χ0n) is 7.30. The fourth-order valence-electron chi connectivity index (χ4n) is 1.03. The number of aromatic nitrogens is 1. The van der Waals surface area contributed by atoms with Crippen molar-refractivity contribution in [1.82, 2.24) is 4.98 Å². The molecule has 4 heteroatoms. The Balaban J connectivity index is 2.46. The second kappa shape index (κ2) is 3.27. The molecule has 2 heterocycles. The summed E-state index contributed by atoms with van der Waals surface area (Å²) in [5, 5.41) is 0.928. The topological polar surface area (TPSA) is 26.0 Å². The number of aryl methyl sites for hydroxylation is 2. The zero-order chi connectivity index (χ0) is 9.42. The van der Waals surface area contributed by atoms with Gasteiger partial charge in [0.1, 0.15) is 5.76 Å². The lowest BCUT2D eigenvalue weighted by atomic mass is 10.4. The molecule has 0 aliphatic carbocycles. The molecule has 0 unspecified atom stereocenters. The lowest BCUT2D eigenvalue weighted by Gasteiger charge is -1.86. The highest BCUT2D eigenvalue weighted by molar-refractivity contribution is 9.11. The van der Waals surface area contributed by atoms with Crippen LogP contribution in [0, 0.1) is 13.8 Å². The van der Waals surface area contributed by atoms with Gasteiger partial charge in [-0.3, -0.25) is 0 Å². The van der Waals surface area contributed by atoms with Crippen LogP contribution in [0.5, 0.6) is 0 Å². The number of hydrogen-bond acceptors (Lipinski definition) is 3. The fraction of sp³-hybridized carbons (Fsp3) is 0.222. The predicted octanol–water partition coefficient (Wildman–Crippen LogP) is 3.78. The summed E-state index contributed by atoms with van der Waals surface area (Å²) in [5.74, 6) is 1.76. The molecular formula is C9H8BrNOS. The summed E-state index contributed by atoms with van der Waals surface area (Å²) in [4.78, 5) is 4.37. The van der Waals surface area contributed by atoms with Crippen LogP contribution in [0.25, 0.3) is 10.8 Å². The van der Waals surface area contributed by atoms with E-state index in [1.165, 1.54) is 0 Å². The van der Waals surface area contributed by atoms with E-state index in [-0.39, 0.29) is 0 Å². The van der Waals surface area contributed by atoms with E-state index in [2.05, 4.69) is 20.9 Å². The molecule has 2 aromatic rings. The molecule has 0 saturated carbocycles. The molecular weight excluding hydrogens is 250 g/mol. The third kappa shape index (κ3) is 1.69. The second-order valence-electron chi connectivity index (χ2n) is 2.79. The van der Waals surface area contributed by atoms with Gasteiger partial charge in [0.2, 0.25) is 0 Å². The van der Waals surface area contributed by atoms with Crippen LogP contribution >= 0.6 is 27.3 Å². The van der Waals surface area contributed by atoms with E-state index < -0.39 is 0 Å². The average Bonchev–Trinajstić information content (AvgIpc) is 2.61. The Labute approximate surface area is 88.7 Å². The highest BCUT2D eigenvalue weighted by Gasteiger charge is 2.09. The van der Waals surface area contributed by atoms with Crippen molar-refractivity contribution in [2.75, 3.05) is 0 Å². The lowest BCUT2D eigenvalue weighted by Crippen LogP contribution is -1.72. The minimum Gasteiger partial charge on any atom is -0.459 e. The molecule has 13 heavy (non-hydrogen) atoms. The Morgan fingerprint density at radius 2 is 2.15 bits per heavy atom. The molecule has 0 aliphatic heterocycles. The quantitative estimate of drug-likeness (QED) is 0.777. The summed E-state index contributed by atoms with van der Waals surface area (Å²) >= 11 is 5.03. The van der Waals surface area contributed by atoms with Gasteiger partial charge in [0, 0.05) is 0 Å². The first-order valence-electron chi connectivity index (χ1n) is 3.86. The van der Waals surface area contributed by atoms with E-state index in [9.17, 15) is 0 Å². The van der Waals surface area contributed by atoms with Gasteiger partial charge in [-0.1, -0.05) is 0 Å². The Morgan fingerprint density at radius 1 is 1.38 bits per heavy atom. The Kier molecular flexibility index (Phi) is 2.26. The van der Waals surface area contributed by atoms with Crippen molar-refractivity contribution in [3.05, 3.63) is 27.4 Å². The Bertz CT molecular complexity index is 413. The minimum atomic E-state index is 0.844. The molecule has 0 bridgehead atoms. The second-order valence-corrected chi connectivity index (χ2v) is 5.11. The fourth-order valence-corrected chi connectivity index (χ4v) is 2.34. The van der Waals surface area contributed by atoms with Crippen molar-refractivity contribution >= 4 is 27.3 Å². The van der Waals surface area contributed by atoms with Gasteiger partial charge in [0.25, 0.3) is 0 Å². The summed E-state index contributed by atoms with van der Waals surface area (Å²) in [7, 11) is 0. The molecule has 2 rings (SSSR count). The summed E-state index contributed by atoms with van der Waals surface area (Å²) < 4.78 is 6.53. The molecule has 2 nitrogen and oxygen atoms in total. The molecule has 0 spiro atoms. The molecule has 2 aromatic heterocycles. The van der Waals surface area contributed by atoms with Gasteiger partial charge in [-0.15, -0.1) is 11.3 Å². The van der Waals surface area contributed by atoms with Crippen molar-refractivity contribution in [2.45, 2.75) is 13.8 Å². The smallest absolute Gasteiger partial charge is 0.162 e.